The third-order valence-corrected chi connectivity index (χ3v) is 4.15. The van der Waals surface area contributed by atoms with Crippen LogP contribution in [0, 0.1) is 5.41 Å². The summed E-state index contributed by atoms with van der Waals surface area (Å²) in [6.45, 7) is 9.81. The van der Waals surface area contributed by atoms with Gasteiger partial charge in [-0.2, -0.15) is 0 Å². The number of hydrogen-bond acceptors (Lipinski definition) is 1. The van der Waals surface area contributed by atoms with Gasteiger partial charge in [0.05, 0.1) is 0 Å². The van der Waals surface area contributed by atoms with Crippen molar-refractivity contribution in [1.29, 1.82) is 0 Å². The van der Waals surface area contributed by atoms with Gasteiger partial charge in [0.2, 0.25) is 0 Å². The zero-order valence-electron chi connectivity index (χ0n) is 8.08. The van der Waals surface area contributed by atoms with E-state index in [4.69, 9.17) is 5.73 Å². The predicted molar refractivity (Wildman–Crippen MR) is 60.2 cm³/mol. The van der Waals surface area contributed by atoms with Crippen LogP contribution in [0.2, 0.25) is 0 Å². The van der Waals surface area contributed by atoms with Crippen LogP contribution in [0.5, 0.6) is 0 Å². The van der Waals surface area contributed by atoms with Crippen LogP contribution in [0.15, 0.2) is 0 Å². The molecule has 0 saturated heterocycles. The minimum absolute atomic E-state index is 0.309. The Morgan fingerprint density at radius 2 is 1.55 bits per heavy atom. The van der Waals surface area contributed by atoms with Crippen molar-refractivity contribution < 1.29 is 0 Å². The van der Waals surface area contributed by atoms with Crippen LogP contribution in [0.1, 0.15) is 40.5 Å². The van der Waals surface area contributed by atoms with Gasteiger partial charge in [-0.05, 0) is 24.8 Å². The van der Waals surface area contributed by atoms with E-state index in [9.17, 15) is 0 Å². The minimum Gasteiger partial charge on any atom is -0.330 e. The van der Waals surface area contributed by atoms with Crippen molar-refractivity contribution in [3.63, 3.8) is 0 Å². The molecule has 0 amide bonds. The van der Waals surface area contributed by atoms with Crippen molar-refractivity contribution in [3.8, 4) is 0 Å². The van der Waals surface area contributed by atoms with E-state index >= 15 is 0 Å². The topological polar surface area (TPSA) is 26.0 Å². The zero-order chi connectivity index (χ0) is 9.12. The summed E-state index contributed by atoms with van der Waals surface area (Å²) in [7, 11) is 0. The van der Waals surface area contributed by atoms with Crippen LogP contribution < -0.4 is 5.73 Å². The lowest BCUT2D eigenvalue weighted by molar-refractivity contribution is 0.221. The summed E-state index contributed by atoms with van der Waals surface area (Å²) in [5.41, 5.74) is 6.14. The first kappa shape index (κ1) is 11.7. The van der Waals surface area contributed by atoms with Crippen LogP contribution >= 0.6 is 22.6 Å². The van der Waals surface area contributed by atoms with E-state index in [-0.39, 0.29) is 0 Å². The molecule has 11 heavy (non-hydrogen) atoms. The quantitative estimate of drug-likeness (QED) is 0.616. The standard InChI is InChI=1S/C9H20IN/c1-5-9(6-2,7-11)8(3,4)10/h5-7,11H2,1-4H3. The smallest absolute Gasteiger partial charge is 0.0234 e. The first-order valence-electron chi connectivity index (χ1n) is 4.32. The molecular formula is C9H20IN. The fourth-order valence-electron chi connectivity index (χ4n) is 1.62. The first-order valence-corrected chi connectivity index (χ1v) is 5.40. The maximum Gasteiger partial charge on any atom is 0.0234 e. The van der Waals surface area contributed by atoms with Gasteiger partial charge in [0.1, 0.15) is 0 Å². The van der Waals surface area contributed by atoms with E-state index < -0.39 is 0 Å². The molecule has 0 bridgehead atoms. The van der Waals surface area contributed by atoms with Gasteiger partial charge >= 0.3 is 0 Å². The van der Waals surface area contributed by atoms with Crippen LogP contribution in [-0.2, 0) is 0 Å². The molecule has 0 spiro atoms. The Morgan fingerprint density at radius 1 is 1.18 bits per heavy atom. The van der Waals surface area contributed by atoms with Crippen molar-refractivity contribution in [3.05, 3.63) is 0 Å². The third kappa shape index (κ3) is 2.31. The largest absolute Gasteiger partial charge is 0.330 e. The van der Waals surface area contributed by atoms with Gasteiger partial charge in [-0.25, -0.2) is 0 Å². The van der Waals surface area contributed by atoms with Crippen molar-refractivity contribution in [2.45, 2.75) is 44.0 Å². The molecule has 1 nitrogen and oxygen atoms in total. The summed E-state index contributed by atoms with van der Waals surface area (Å²) in [6.07, 6.45) is 2.35. The molecule has 0 fully saturated rings. The van der Waals surface area contributed by atoms with Crippen molar-refractivity contribution in [2.75, 3.05) is 6.54 Å². The molecule has 0 aliphatic carbocycles. The molecule has 0 aliphatic rings. The first-order chi connectivity index (χ1) is 4.93. The maximum absolute atomic E-state index is 5.81. The molecule has 2 heteroatoms. The maximum atomic E-state index is 5.81. The Kier molecular flexibility index (Phi) is 4.33. The fraction of sp³-hybridized carbons (Fsp3) is 1.00. The van der Waals surface area contributed by atoms with E-state index in [2.05, 4.69) is 50.3 Å². The summed E-state index contributed by atoms with van der Waals surface area (Å²) >= 11 is 2.51. The number of halogens is 1. The summed E-state index contributed by atoms with van der Waals surface area (Å²) in [4.78, 5) is 0. The summed E-state index contributed by atoms with van der Waals surface area (Å²) in [5, 5.41) is 0. The van der Waals surface area contributed by atoms with Gasteiger partial charge in [-0.1, -0.05) is 50.3 Å². The van der Waals surface area contributed by atoms with Crippen molar-refractivity contribution in [1.82, 2.24) is 0 Å². The number of nitrogens with two attached hydrogens (primary N) is 1. The highest BCUT2D eigenvalue weighted by atomic mass is 127. The third-order valence-electron chi connectivity index (χ3n) is 3.01. The lowest BCUT2D eigenvalue weighted by Gasteiger charge is -2.41. The highest BCUT2D eigenvalue weighted by Gasteiger charge is 2.38. The van der Waals surface area contributed by atoms with E-state index in [1.165, 1.54) is 12.8 Å². The Bertz CT molecular complexity index is 103. The zero-order valence-corrected chi connectivity index (χ0v) is 10.2. The summed E-state index contributed by atoms with van der Waals surface area (Å²) in [6, 6.07) is 0. The monoisotopic (exact) mass is 269 g/mol. The Balaban J connectivity index is 4.54. The molecule has 68 valence electrons. The number of hydrogen-bond donors (Lipinski definition) is 1. The minimum atomic E-state index is 0.309. The summed E-state index contributed by atoms with van der Waals surface area (Å²) in [5.74, 6) is 0. The Hall–Kier alpha value is 0.690. The van der Waals surface area contributed by atoms with E-state index in [0.717, 1.165) is 6.54 Å². The van der Waals surface area contributed by atoms with E-state index in [1.807, 2.05) is 0 Å². The molecule has 0 aliphatic heterocycles. The Labute approximate surface area is 84.3 Å². The second-order valence-electron chi connectivity index (χ2n) is 3.66. The average Bonchev–Trinajstić information content (AvgIpc) is 1.90. The predicted octanol–water partition coefficient (Wildman–Crippen LogP) is 2.97. The lowest BCUT2D eigenvalue weighted by Crippen LogP contribution is -2.43. The molecule has 0 rings (SSSR count). The normalized spacial score (nSPS) is 13.6. The molecule has 0 radical (unpaired) electrons. The van der Waals surface area contributed by atoms with Crippen LogP contribution in [0.4, 0.5) is 0 Å². The molecule has 0 aromatic carbocycles. The van der Waals surface area contributed by atoms with E-state index in [0.29, 0.717) is 8.84 Å². The molecule has 0 unspecified atom stereocenters. The number of alkyl halides is 1. The highest BCUT2D eigenvalue weighted by Crippen LogP contribution is 2.43. The van der Waals surface area contributed by atoms with E-state index in [1.54, 1.807) is 0 Å². The van der Waals surface area contributed by atoms with Gasteiger partial charge in [-0.3, -0.25) is 0 Å². The van der Waals surface area contributed by atoms with Crippen LogP contribution in [0.3, 0.4) is 0 Å². The van der Waals surface area contributed by atoms with Crippen molar-refractivity contribution in [2.24, 2.45) is 11.1 Å². The van der Waals surface area contributed by atoms with Crippen molar-refractivity contribution >= 4 is 22.6 Å². The van der Waals surface area contributed by atoms with Gasteiger partial charge in [-0.15, -0.1) is 0 Å². The van der Waals surface area contributed by atoms with Gasteiger partial charge in [0, 0.05) is 3.42 Å². The molecule has 0 heterocycles. The lowest BCUT2D eigenvalue weighted by atomic mass is 9.73. The molecular weight excluding hydrogens is 249 g/mol. The molecule has 0 saturated carbocycles. The van der Waals surface area contributed by atoms with Gasteiger partial charge < -0.3 is 5.73 Å². The second-order valence-corrected chi connectivity index (χ2v) is 6.36. The highest BCUT2D eigenvalue weighted by molar-refractivity contribution is 14.1. The molecule has 0 aromatic rings. The second kappa shape index (κ2) is 4.08. The van der Waals surface area contributed by atoms with Crippen LogP contribution in [-0.4, -0.2) is 9.97 Å². The average molecular weight is 269 g/mol. The Morgan fingerprint density at radius 3 is 1.55 bits per heavy atom. The van der Waals surface area contributed by atoms with Crippen LogP contribution in [0.25, 0.3) is 0 Å². The molecule has 0 aromatic heterocycles. The summed E-state index contributed by atoms with van der Waals surface area (Å²) < 4.78 is 0.309. The SMILES string of the molecule is CCC(CC)(CN)C(C)(C)I. The molecule has 2 N–H and O–H groups in total. The number of rotatable bonds is 4. The van der Waals surface area contributed by atoms with Gasteiger partial charge in [0.15, 0.2) is 0 Å². The molecule has 0 atom stereocenters. The van der Waals surface area contributed by atoms with Gasteiger partial charge in [0.25, 0.3) is 0 Å². The fourth-order valence-corrected chi connectivity index (χ4v) is 2.61.